The lowest BCUT2D eigenvalue weighted by Crippen LogP contribution is -2.50. The van der Waals surface area contributed by atoms with Crippen molar-refractivity contribution < 1.29 is 28.7 Å². The maximum absolute atomic E-state index is 12.6. The predicted molar refractivity (Wildman–Crippen MR) is 123 cm³/mol. The Bertz CT molecular complexity index is 733. The number of hydrogen-bond donors (Lipinski definition) is 4. The van der Waals surface area contributed by atoms with E-state index < -0.39 is 29.7 Å². The van der Waals surface area contributed by atoms with Crippen molar-refractivity contribution in [3.05, 3.63) is 24.4 Å². The number of ether oxygens (including phenoxy) is 1. The average molecular weight is 468 g/mol. The van der Waals surface area contributed by atoms with Gasteiger partial charge in [-0.1, -0.05) is 39.3 Å². The Morgan fingerprint density at radius 3 is 2.30 bits per heavy atom. The molecule has 11 nitrogen and oxygen atoms in total. The number of allylic oxidation sites excluding steroid dienone is 1. The highest BCUT2D eigenvalue weighted by atomic mass is 16.5. The second-order valence-corrected chi connectivity index (χ2v) is 7.44. The van der Waals surface area contributed by atoms with Gasteiger partial charge in [-0.15, -0.1) is 0 Å². The van der Waals surface area contributed by atoms with Gasteiger partial charge in [-0.25, -0.2) is 4.79 Å². The third-order valence-corrected chi connectivity index (χ3v) is 4.92. The van der Waals surface area contributed by atoms with Crippen molar-refractivity contribution >= 4 is 29.6 Å². The molecule has 33 heavy (non-hydrogen) atoms. The molecule has 0 aromatic rings. The molecule has 0 spiro atoms. The van der Waals surface area contributed by atoms with E-state index in [0.29, 0.717) is 12.5 Å². The molecule has 0 aromatic carbocycles. The summed E-state index contributed by atoms with van der Waals surface area (Å²) < 4.78 is 4.48. The summed E-state index contributed by atoms with van der Waals surface area (Å²) in [5.41, 5.74) is 5.05. The monoisotopic (exact) mass is 467 g/mol. The average Bonchev–Trinajstić information content (AvgIpc) is 2.80. The Balaban J connectivity index is 4.88. The fraction of sp³-hybridized carbons (Fsp3) is 0.591. The molecule has 0 aromatic heterocycles. The maximum Gasteiger partial charge on any atom is 0.330 e. The number of nitrogens with two attached hydrogens (primary N) is 1. The van der Waals surface area contributed by atoms with Crippen LogP contribution in [0.25, 0.3) is 0 Å². The number of hydrogen-bond acceptors (Lipinski definition) is 7. The number of methoxy groups -OCH3 is 1. The minimum Gasteiger partial charge on any atom is -0.466 e. The molecule has 0 aliphatic carbocycles. The summed E-state index contributed by atoms with van der Waals surface area (Å²) in [6, 6.07) is -1.01. The molecule has 11 heteroatoms. The Labute approximate surface area is 195 Å². The Kier molecular flexibility index (Phi) is 14.8. The summed E-state index contributed by atoms with van der Waals surface area (Å²) in [5.74, 6) is -2.37. The van der Waals surface area contributed by atoms with Crippen LogP contribution in [-0.4, -0.2) is 74.3 Å². The number of nitrogens with zero attached hydrogens (tertiary/aromatic N) is 1. The zero-order chi connectivity index (χ0) is 25.4. The SMILES string of the molecule is C=C(NC(=O)[C@H](CC/C=C/C(=O)OC)NC(=O)CN)C(=O)N(C)CC(=O)NCC(CC)CC. The van der Waals surface area contributed by atoms with Gasteiger partial charge in [-0.3, -0.25) is 19.2 Å². The van der Waals surface area contributed by atoms with Crippen LogP contribution in [0.15, 0.2) is 24.4 Å². The summed E-state index contributed by atoms with van der Waals surface area (Å²) in [6.45, 7) is 7.66. The van der Waals surface area contributed by atoms with Crippen molar-refractivity contribution in [3.63, 3.8) is 0 Å². The molecule has 0 bridgehead atoms. The van der Waals surface area contributed by atoms with Crippen LogP contribution in [0.5, 0.6) is 0 Å². The first-order valence-electron chi connectivity index (χ1n) is 10.8. The number of nitrogens with one attached hydrogen (secondary N) is 3. The third kappa shape index (κ3) is 12.4. The molecular weight excluding hydrogens is 430 g/mol. The number of amides is 4. The van der Waals surface area contributed by atoms with E-state index in [-0.39, 0.29) is 37.5 Å². The van der Waals surface area contributed by atoms with Gasteiger partial charge >= 0.3 is 5.97 Å². The number of esters is 1. The highest BCUT2D eigenvalue weighted by Crippen LogP contribution is 2.05. The number of rotatable bonds is 15. The van der Waals surface area contributed by atoms with Crippen molar-refractivity contribution in [2.45, 2.75) is 45.6 Å². The van der Waals surface area contributed by atoms with Crippen LogP contribution in [-0.2, 0) is 28.7 Å². The molecule has 0 aliphatic rings. The quantitative estimate of drug-likeness (QED) is 0.188. The van der Waals surface area contributed by atoms with Gasteiger partial charge in [-0.2, -0.15) is 0 Å². The molecule has 0 unspecified atom stereocenters. The zero-order valence-corrected chi connectivity index (χ0v) is 19.9. The van der Waals surface area contributed by atoms with Gasteiger partial charge in [0, 0.05) is 19.7 Å². The normalized spacial score (nSPS) is 11.6. The molecule has 5 N–H and O–H groups in total. The minimum absolute atomic E-state index is 0.140. The van der Waals surface area contributed by atoms with Crippen molar-refractivity contribution in [1.29, 1.82) is 0 Å². The fourth-order valence-electron chi connectivity index (χ4n) is 2.73. The highest BCUT2D eigenvalue weighted by molar-refractivity contribution is 6.00. The van der Waals surface area contributed by atoms with Gasteiger partial charge in [0.2, 0.25) is 17.7 Å². The van der Waals surface area contributed by atoms with Crippen LogP contribution in [0.1, 0.15) is 39.5 Å². The smallest absolute Gasteiger partial charge is 0.330 e. The van der Waals surface area contributed by atoms with E-state index in [0.717, 1.165) is 17.7 Å². The van der Waals surface area contributed by atoms with E-state index in [2.05, 4.69) is 27.3 Å². The largest absolute Gasteiger partial charge is 0.466 e. The van der Waals surface area contributed by atoms with Crippen molar-refractivity contribution in [2.24, 2.45) is 11.7 Å². The minimum atomic E-state index is -1.01. The number of carbonyl (C=O) groups excluding carboxylic acids is 5. The molecule has 0 heterocycles. The molecule has 186 valence electrons. The molecule has 0 aliphatic heterocycles. The summed E-state index contributed by atoms with van der Waals surface area (Å²) in [5, 5.41) is 7.61. The van der Waals surface area contributed by atoms with E-state index in [1.165, 1.54) is 26.3 Å². The van der Waals surface area contributed by atoms with Gasteiger partial charge in [0.1, 0.15) is 6.04 Å². The van der Waals surface area contributed by atoms with Gasteiger partial charge < -0.3 is 31.3 Å². The third-order valence-electron chi connectivity index (χ3n) is 4.92. The molecule has 4 amide bonds. The van der Waals surface area contributed by atoms with Crippen molar-refractivity contribution in [3.8, 4) is 0 Å². The summed E-state index contributed by atoms with van der Waals surface area (Å²) >= 11 is 0. The first-order chi connectivity index (χ1) is 15.6. The van der Waals surface area contributed by atoms with Gasteiger partial charge in [0.05, 0.1) is 25.9 Å². The van der Waals surface area contributed by atoms with Gasteiger partial charge in [0.25, 0.3) is 5.91 Å². The highest BCUT2D eigenvalue weighted by Gasteiger charge is 2.23. The molecule has 0 fully saturated rings. The summed E-state index contributed by atoms with van der Waals surface area (Å²) in [4.78, 5) is 61.1. The second-order valence-electron chi connectivity index (χ2n) is 7.44. The first-order valence-corrected chi connectivity index (χ1v) is 10.8. The van der Waals surface area contributed by atoms with E-state index >= 15 is 0 Å². The van der Waals surface area contributed by atoms with Crippen LogP contribution in [0.3, 0.4) is 0 Å². The van der Waals surface area contributed by atoms with E-state index in [4.69, 9.17) is 5.73 Å². The first kappa shape index (κ1) is 29.8. The van der Waals surface area contributed by atoms with Crippen LogP contribution in [0, 0.1) is 5.92 Å². The Morgan fingerprint density at radius 1 is 1.12 bits per heavy atom. The molecule has 0 radical (unpaired) electrons. The fourth-order valence-corrected chi connectivity index (χ4v) is 2.73. The predicted octanol–water partition coefficient (Wildman–Crippen LogP) is -0.420. The van der Waals surface area contributed by atoms with Crippen LogP contribution in [0.4, 0.5) is 0 Å². The standard InChI is InChI=1S/C22H37N5O6/c1-6-16(7-2)13-24-19(29)14-27(4)22(32)15(3)25-21(31)17(26-18(28)12-23)10-8-9-11-20(30)33-5/h9,11,16-17H,3,6-8,10,12-14,23H2,1-2,4-5H3,(H,24,29)(H,25,31)(H,26,28)/b11-9+/t17-/m0/s1. The van der Waals surface area contributed by atoms with Gasteiger partial charge in [-0.05, 0) is 18.8 Å². The molecule has 0 saturated carbocycles. The van der Waals surface area contributed by atoms with Crippen LogP contribution in [0.2, 0.25) is 0 Å². The van der Waals surface area contributed by atoms with E-state index in [9.17, 15) is 24.0 Å². The number of carbonyl (C=O) groups is 5. The summed E-state index contributed by atoms with van der Waals surface area (Å²) in [6.07, 6.45) is 4.99. The van der Waals surface area contributed by atoms with Crippen molar-refractivity contribution in [2.75, 3.05) is 33.8 Å². The summed E-state index contributed by atoms with van der Waals surface area (Å²) in [7, 11) is 2.66. The number of likely N-dealkylation sites (N-methyl/N-ethyl adjacent to an activating group) is 1. The molecule has 1 atom stereocenters. The molecular formula is C22H37N5O6. The van der Waals surface area contributed by atoms with E-state index in [1.54, 1.807) is 0 Å². The zero-order valence-electron chi connectivity index (χ0n) is 19.9. The second kappa shape index (κ2) is 16.4. The lowest BCUT2D eigenvalue weighted by Gasteiger charge is -2.21. The van der Waals surface area contributed by atoms with Crippen LogP contribution >= 0.6 is 0 Å². The topological polar surface area (TPSA) is 160 Å². The Hall–Kier alpha value is -3.21. The van der Waals surface area contributed by atoms with Gasteiger partial charge in [0.15, 0.2) is 0 Å². The molecule has 0 saturated heterocycles. The lowest BCUT2D eigenvalue weighted by atomic mass is 10.0. The lowest BCUT2D eigenvalue weighted by molar-refractivity contribution is -0.135. The van der Waals surface area contributed by atoms with E-state index in [1.807, 2.05) is 13.8 Å². The maximum atomic E-state index is 12.6. The Morgan fingerprint density at radius 2 is 1.76 bits per heavy atom. The molecule has 0 rings (SSSR count). The van der Waals surface area contributed by atoms with Crippen LogP contribution < -0.4 is 21.7 Å². The van der Waals surface area contributed by atoms with Crippen molar-refractivity contribution in [1.82, 2.24) is 20.9 Å².